The first-order valence-corrected chi connectivity index (χ1v) is 10.1. The zero-order chi connectivity index (χ0) is 23.4. The van der Waals surface area contributed by atoms with Crippen molar-refractivity contribution in [1.82, 2.24) is 0 Å². The van der Waals surface area contributed by atoms with E-state index in [-0.39, 0.29) is 23.5 Å². The molecule has 3 aromatic rings. The second-order valence-corrected chi connectivity index (χ2v) is 7.41. The number of hydrogen-bond acceptors (Lipinski definition) is 7. The summed E-state index contributed by atoms with van der Waals surface area (Å²) >= 11 is 0. The number of benzene rings is 3. The number of oxime groups is 1. The molecule has 3 aromatic carbocycles. The molecule has 1 aliphatic rings. The Labute approximate surface area is 189 Å². The van der Waals surface area contributed by atoms with Crippen molar-refractivity contribution in [3.05, 3.63) is 88.0 Å². The fourth-order valence-electron chi connectivity index (χ4n) is 3.35. The van der Waals surface area contributed by atoms with E-state index < -0.39 is 16.9 Å². The molecule has 0 bridgehead atoms. The summed E-state index contributed by atoms with van der Waals surface area (Å²) in [4.78, 5) is 28.9. The quantitative estimate of drug-likeness (QED) is 0.410. The van der Waals surface area contributed by atoms with Gasteiger partial charge in [-0.25, -0.2) is 0 Å². The Balaban J connectivity index is 1.49. The summed E-state index contributed by atoms with van der Waals surface area (Å²) < 4.78 is 11.1. The molecule has 1 atom stereocenters. The van der Waals surface area contributed by atoms with Gasteiger partial charge in [-0.2, -0.15) is 0 Å². The van der Waals surface area contributed by atoms with Crippen LogP contribution in [-0.2, 0) is 9.63 Å². The number of nitro benzene ring substituents is 1. The van der Waals surface area contributed by atoms with Crippen LogP contribution in [0.25, 0.3) is 0 Å². The van der Waals surface area contributed by atoms with Gasteiger partial charge in [-0.05, 0) is 31.2 Å². The van der Waals surface area contributed by atoms with Crippen molar-refractivity contribution in [2.45, 2.75) is 19.4 Å². The highest BCUT2D eigenvalue weighted by Gasteiger charge is 2.30. The Hall–Kier alpha value is -4.40. The smallest absolute Gasteiger partial charge is 0.275 e. The number of nitrogens with zero attached hydrogens (tertiary/aromatic N) is 2. The number of para-hydroxylation sites is 1. The zero-order valence-electron chi connectivity index (χ0n) is 18.0. The third-order valence-corrected chi connectivity index (χ3v) is 5.01. The van der Waals surface area contributed by atoms with Crippen molar-refractivity contribution in [1.29, 1.82) is 0 Å². The van der Waals surface area contributed by atoms with E-state index in [2.05, 4.69) is 10.5 Å². The molecular formula is C24H21N3O6. The van der Waals surface area contributed by atoms with Gasteiger partial charge in [-0.15, -0.1) is 0 Å². The van der Waals surface area contributed by atoms with E-state index in [1.807, 2.05) is 37.3 Å². The van der Waals surface area contributed by atoms with E-state index in [1.165, 1.54) is 18.2 Å². The molecule has 1 N–H and O–H groups in total. The minimum atomic E-state index is -0.884. The molecule has 9 heteroatoms. The van der Waals surface area contributed by atoms with Gasteiger partial charge in [0.25, 0.3) is 11.6 Å². The lowest BCUT2D eigenvalue weighted by Crippen LogP contribution is -2.28. The molecule has 1 unspecified atom stereocenters. The summed E-state index contributed by atoms with van der Waals surface area (Å²) in [7, 11) is 1.55. The van der Waals surface area contributed by atoms with Gasteiger partial charge in [0, 0.05) is 24.1 Å². The maximum absolute atomic E-state index is 12.8. The van der Waals surface area contributed by atoms with Gasteiger partial charge in [-0.3, -0.25) is 14.9 Å². The van der Waals surface area contributed by atoms with Crippen molar-refractivity contribution in [2.75, 3.05) is 12.4 Å². The predicted octanol–water partition coefficient (Wildman–Crippen LogP) is 4.84. The molecule has 1 amide bonds. The molecule has 0 saturated heterocycles. The Morgan fingerprint density at radius 2 is 1.88 bits per heavy atom. The first-order valence-electron chi connectivity index (χ1n) is 10.1. The average Bonchev–Trinajstić information content (AvgIpc) is 3.31. The zero-order valence-corrected chi connectivity index (χ0v) is 18.0. The molecule has 0 fully saturated rings. The SMILES string of the molecule is COc1ccccc1C1=NOC(C(=O)Nc2cc(Oc3ccc(C)cc3)cc([N+](=O)[O-])c2)C1. The summed E-state index contributed by atoms with van der Waals surface area (Å²) in [6, 6.07) is 18.6. The predicted molar refractivity (Wildman–Crippen MR) is 122 cm³/mol. The molecule has 0 radical (unpaired) electrons. The first-order chi connectivity index (χ1) is 15.9. The Kier molecular flexibility index (Phi) is 6.21. The summed E-state index contributed by atoms with van der Waals surface area (Å²) in [6.45, 7) is 1.94. The van der Waals surface area contributed by atoms with E-state index in [0.29, 0.717) is 17.2 Å². The van der Waals surface area contributed by atoms with E-state index in [9.17, 15) is 14.9 Å². The summed E-state index contributed by atoms with van der Waals surface area (Å²) in [6.07, 6.45) is -0.654. The number of ether oxygens (including phenoxy) is 2. The standard InChI is InChI=1S/C24H21N3O6/c1-15-7-9-18(10-8-15)32-19-12-16(11-17(13-19)27(29)30)25-24(28)23-14-21(26-33-23)20-5-3-4-6-22(20)31-2/h3-13,23H,14H2,1-2H3,(H,25,28). The number of carbonyl (C=O) groups is 1. The van der Waals surface area contributed by atoms with Crippen LogP contribution < -0.4 is 14.8 Å². The number of non-ortho nitro benzene ring substituents is 1. The van der Waals surface area contributed by atoms with Crippen LogP contribution in [0.4, 0.5) is 11.4 Å². The highest BCUT2D eigenvalue weighted by molar-refractivity contribution is 6.07. The molecule has 0 saturated carbocycles. The van der Waals surface area contributed by atoms with Crippen LogP contribution in [0.1, 0.15) is 17.5 Å². The van der Waals surface area contributed by atoms with E-state index in [1.54, 1.807) is 25.3 Å². The molecular weight excluding hydrogens is 426 g/mol. The van der Waals surface area contributed by atoms with Crippen molar-refractivity contribution in [3.63, 3.8) is 0 Å². The maximum Gasteiger partial charge on any atom is 0.275 e. The molecule has 1 heterocycles. The number of methoxy groups -OCH3 is 1. The molecule has 4 rings (SSSR count). The number of amides is 1. The minimum Gasteiger partial charge on any atom is -0.496 e. The lowest BCUT2D eigenvalue weighted by Gasteiger charge is -2.12. The molecule has 0 aliphatic carbocycles. The number of rotatable bonds is 7. The number of hydrogen-bond donors (Lipinski definition) is 1. The van der Waals surface area contributed by atoms with Gasteiger partial charge in [0.15, 0.2) is 0 Å². The number of anilines is 1. The van der Waals surface area contributed by atoms with Crippen molar-refractivity contribution in [3.8, 4) is 17.2 Å². The van der Waals surface area contributed by atoms with Gasteiger partial charge < -0.3 is 19.6 Å². The third-order valence-electron chi connectivity index (χ3n) is 5.01. The number of nitrogens with one attached hydrogen (secondary N) is 1. The lowest BCUT2D eigenvalue weighted by molar-refractivity contribution is -0.384. The largest absolute Gasteiger partial charge is 0.496 e. The maximum atomic E-state index is 12.8. The normalized spacial score (nSPS) is 14.7. The Morgan fingerprint density at radius 3 is 2.61 bits per heavy atom. The minimum absolute atomic E-state index is 0.214. The van der Waals surface area contributed by atoms with Crippen LogP contribution in [0.5, 0.6) is 17.2 Å². The first kappa shape index (κ1) is 21.8. The Morgan fingerprint density at radius 1 is 1.12 bits per heavy atom. The van der Waals surface area contributed by atoms with Crippen molar-refractivity contribution >= 4 is 23.0 Å². The Bertz CT molecular complexity index is 1220. The van der Waals surface area contributed by atoms with Crippen molar-refractivity contribution < 1.29 is 24.0 Å². The molecule has 9 nitrogen and oxygen atoms in total. The monoisotopic (exact) mass is 447 g/mol. The number of nitro groups is 1. The molecule has 0 aromatic heterocycles. The van der Waals surface area contributed by atoms with E-state index in [4.69, 9.17) is 14.3 Å². The van der Waals surface area contributed by atoms with Crippen LogP contribution >= 0.6 is 0 Å². The van der Waals surface area contributed by atoms with Crippen LogP contribution in [0.3, 0.4) is 0 Å². The summed E-state index contributed by atoms with van der Waals surface area (Å²) in [5.74, 6) is 0.886. The second-order valence-electron chi connectivity index (χ2n) is 7.41. The topological polar surface area (TPSA) is 112 Å². The van der Waals surface area contributed by atoms with E-state index in [0.717, 1.165) is 11.1 Å². The fraction of sp³-hybridized carbons (Fsp3) is 0.167. The van der Waals surface area contributed by atoms with Gasteiger partial charge in [0.1, 0.15) is 17.2 Å². The van der Waals surface area contributed by atoms with Crippen LogP contribution in [0.15, 0.2) is 71.9 Å². The van der Waals surface area contributed by atoms with Crippen LogP contribution in [0.2, 0.25) is 0 Å². The van der Waals surface area contributed by atoms with Gasteiger partial charge in [-0.1, -0.05) is 35.0 Å². The van der Waals surface area contributed by atoms with Gasteiger partial charge in [0.2, 0.25) is 6.10 Å². The van der Waals surface area contributed by atoms with E-state index >= 15 is 0 Å². The molecule has 168 valence electrons. The average molecular weight is 447 g/mol. The highest BCUT2D eigenvalue weighted by atomic mass is 16.6. The highest BCUT2D eigenvalue weighted by Crippen LogP contribution is 2.31. The van der Waals surface area contributed by atoms with Crippen LogP contribution in [0, 0.1) is 17.0 Å². The van der Waals surface area contributed by atoms with Crippen molar-refractivity contribution in [2.24, 2.45) is 5.16 Å². The summed E-state index contributed by atoms with van der Waals surface area (Å²) in [5.41, 5.74) is 2.37. The lowest BCUT2D eigenvalue weighted by atomic mass is 10.0. The van der Waals surface area contributed by atoms with Gasteiger partial charge in [0.05, 0.1) is 29.5 Å². The van der Waals surface area contributed by atoms with Crippen LogP contribution in [-0.4, -0.2) is 29.8 Å². The number of aryl methyl sites for hydroxylation is 1. The molecule has 33 heavy (non-hydrogen) atoms. The summed E-state index contributed by atoms with van der Waals surface area (Å²) in [5, 5.41) is 18.1. The van der Waals surface area contributed by atoms with Gasteiger partial charge >= 0.3 is 0 Å². The fourth-order valence-corrected chi connectivity index (χ4v) is 3.35. The third kappa shape index (κ3) is 5.09. The second kappa shape index (κ2) is 9.39. The number of carbonyl (C=O) groups excluding carboxylic acids is 1. The molecule has 0 spiro atoms. The molecule has 1 aliphatic heterocycles.